The minimum absolute atomic E-state index is 0.0240. The topological polar surface area (TPSA) is 80.6 Å². The number of amides is 1. The Hall–Kier alpha value is -2.85. The monoisotopic (exact) mass is 698 g/mol. The van der Waals surface area contributed by atoms with Gasteiger partial charge in [0.05, 0.1) is 21.4 Å². The van der Waals surface area contributed by atoms with Gasteiger partial charge in [0.15, 0.2) is 0 Å². The largest absolute Gasteiger partial charge is 0.497 e. The van der Waals surface area contributed by atoms with Gasteiger partial charge in [-0.3, -0.25) is 4.79 Å². The quantitative estimate of drug-likeness (QED) is 0.172. The number of nitrogens with zero attached hydrogens (tertiary/aromatic N) is 1. The summed E-state index contributed by atoms with van der Waals surface area (Å²) in [5.41, 5.74) is 2.27. The van der Waals surface area contributed by atoms with Crippen LogP contribution in [-0.4, -0.2) is 20.1 Å². The molecule has 0 atom stereocenters. The lowest BCUT2D eigenvalue weighted by molar-refractivity contribution is -0.117. The first-order chi connectivity index (χ1) is 16.8. The smallest absolute Gasteiger partial charge is 0.262 e. The number of carbonyl (C=O) groups is 1. The van der Waals surface area contributed by atoms with Gasteiger partial charge in [0, 0.05) is 18.2 Å². The lowest BCUT2D eigenvalue weighted by Gasteiger charge is -2.12. The number of hydrogen-bond donors (Lipinski definition) is 1. The van der Waals surface area contributed by atoms with Crippen LogP contribution in [0.5, 0.6) is 17.2 Å². The zero-order chi connectivity index (χ0) is 25.4. The van der Waals surface area contributed by atoms with E-state index in [1.165, 1.54) is 25.3 Å². The predicted octanol–water partition coefficient (Wildman–Crippen LogP) is 5.85. The Morgan fingerprint density at radius 3 is 2.34 bits per heavy atom. The molecule has 0 aromatic heterocycles. The molecule has 0 spiro atoms. The van der Waals surface area contributed by atoms with Gasteiger partial charge in [-0.15, -0.1) is 0 Å². The molecule has 0 unspecified atom stereocenters. The van der Waals surface area contributed by atoms with Crippen LogP contribution in [0, 0.1) is 24.3 Å². The van der Waals surface area contributed by atoms with E-state index in [-0.39, 0.29) is 17.9 Å². The van der Waals surface area contributed by atoms with Crippen LogP contribution >= 0.6 is 45.2 Å². The zero-order valence-corrected chi connectivity index (χ0v) is 23.2. The molecule has 6 nitrogen and oxygen atoms in total. The molecule has 180 valence electrons. The first-order valence-corrected chi connectivity index (χ1v) is 12.5. The molecule has 3 aromatic rings. The van der Waals surface area contributed by atoms with Gasteiger partial charge >= 0.3 is 0 Å². The van der Waals surface area contributed by atoms with Crippen molar-refractivity contribution in [2.45, 2.75) is 13.2 Å². The average molecular weight is 698 g/mol. The van der Waals surface area contributed by atoms with E-state index in [9.17, 15) is 14.4 Å². The van der Waals surface area contributed by atoms with E-state index >= 15 is 0 Å². The molecule has 0 aliphatic rings. The van der Waals surface area contributed by atoms with Gasteiger partial charge in [-0.05, 0) is 98.8 Å². The van der Waals surface area contributed by atoms with Crippen LogP contribution in [0.15, 0.2) is 60.2 Å². The first-order valence-electron chi connectivity index (χ1n) is 10.3. The van der Waals surface area contributed by atoms with Crippen molar-refractivity contribution < 1.29 is 23.4 Å². The molecular formula is C26H21FI2N2O4. The summed E-state index contributed by atoms with van der Waals surface area (Å²) in [6, 6.07) is 17.1. The number of benzene rings is 3. The van der Waals surface area contributed by atoms with E-state index < -0.39 is 5.91 Å². The minimum Gasteiger partial charge on any atom is -0.497 e. The third-order valence-electron chi connectivity index (χ3n) is 4.93. The highest BCUT2D eigenvalue weighted by atomic mass is 127. The Bertz CT molecular complexity index is 1260. The van der Waals surface area contributed by atoms with E-state index in [0.29, 0.717) is 29.4 Å². The number of carbonyl (C=O) groups excluding carboxylic acids is 1. The predicted molar refractivity (Wildman–Crippen MR) is 148 cm³/mol. The van der Waals surface area contributed by atoms with Crippen molar-refractivity contribution in [3.05, 3.63) is 89.8 Å². The number of ether oxygens (including phenoxy) is 3. The Labute approximate surface area is 230 Å². The summed E-state index contributed by atoms with van der Waals surface area (Å²) >= 11 is 4.29. The lowest BCUT2D eigenvalue weighted by Crippen LogP contribution is -2.24. The van der Waals surface area contributed by atoms with Crippen molar-refractivity contribution in [1.82, 2.24) is 5.32 Å². The van der Waals surface area contributed by atoms with E-state index in [2.05, 4.69) is 50.5 Å². The molecular weight excluding hydrogens is 677 g/mol. The number of nitrogens with one attached hydrogen (secondary N) is 1. The number of rotatable bonds is 9. The maximum atomic E-state index is 13.1. The van der Waals surface area contributed by atoms with Crippen molar-refractivity contribution >= 4 is 57.2 Å². The van der Waals surface area contributed by atoms with Crippen LogP contribution in [0.4, 0.5) is 4.39 Å². The Balaban J connectivity index is 1.71. The second-order valence-corrected chi connectivity index (χ2v) is 9.58. The van der Waals surface area contributed by atoms with E-state index in [1.54, 1.807) is 37.4 Å². The molecule has 0 saturated carbocycles. The standard InChI is InChI=1S/C26H21FI2N2O4/c1-33-21-8-5-18(24(12-21)34-2)14-31-26(32)19(13-30)9-17-10-22(28)25(23(29)11-17)35-15-16-3-6-20(27)7-4-16/h3-12H,14-15H2,1-2H3,(H,31,32)/b19-9+. The van der Waals surface area contributed by atoms with E-state index in [4.69, 9.17) is 14.2 Å². The van der Waals surface area contributed by atoms with Gasteiger partial charge in [0.1, 0.15) is 41.3 Å². The van der Waals surface area contributed by atoms with Gasteiger partial charge < -0.3 is 19.5 Å². The van der Waals surface area contributed by atoms with Gasteiger partial charge in [0.25, 0.3) is 5.91 Å². The fourth-order valence-corrected chi connectivity index (χ4v) is 5.25. The molecule has 0 bridgehead atoms. The van der Waals surface area contributed by atoms with Gasteiger partial charge in [-0.1, -0.05) is 12.1 Å². The normalized spacial score (nSPS) is 10.9. The minimum atomic E-state index is -0.493. The second-order valence-electron chi connectivity index (χ2n) is 7.26. The van der Waals surface area contributed by atoms with Crippen molar-refractivity contribution in [3.8, 4) is 23.3 Å². The first kappa shape index (κ1) is 26.7. The molecule has 1 amide bonds. The Kier molecular flexibility index (Phi) is 9.73. The summed E-state index contributed by atoms with van der Waals surface area (Å²) in [7, 11) is 3.10. The zero-order valence-electron chi connectivity index (χ0n) is 18.9. The molecule has 9 heteroatoms. The highest BCUT2D eigenvalue weighted by molar-refractivity contribution is 14.1. The lowest BCUT2D eigenvalue weighted by atomic mass is 10.1. The van der Waals surface area contributed by atoms with Crippen molar-refractivity contribution in [3.63, 3.8) is 0 Å². The molecule has 0 aliphatic carbocycles. The summed E-state index contributed by atoms with van der Waals surface area (Å²) in [6.07, 6.45) is 1.54. The summed E-state index contributed by atoms with van der Waals surface area (Å²) in [5.74, 6) is 1.11. The van der Waals surface area contributed by atoms with Crippen LogP contribution in [0.3, 0.4) is 0 Å². The maximum absolute atomic E-state index is 13.1. The second kappa shape index (κ2) is 12.7. The van der Waals surface area contributed by atoms with Crippen molar-refractivity contribution in [2.24, 2.45) is 0 Å². The van der Waals surface area contributed by atoms with Crippen LogP contribution in [0.25, 0.3) is 6.08 Å². The Morgan fingerprint density at radius 2 is 1.74 bits per heavy atom. The average Bonchev–Trinajstić information content (AvgIpc) is 2.86. The molecule has 3 rings (SSSR count). The van der Waals surface area contributed by atoms with Gasteiger partial charge in [-0.25, -0.2) is 4.39 Å². The highest BCUT2D eigenvalue weighted by Gasteiger charge is 2.14. The molecule has 0 heterocycles. The van der Waals surface area contributed by atoms with Crippen LogP contribution < -0.4 is 19.5 Å². The van der Waals surface area contributed by atoms with Crippen LogP contribution in [0.2, 0.25) is 0 Å². The number of nitriles is 1. The van der Waals surface area contributed by atoms with Gasteiger partial charge in [-0.2, -0.15) is 5.26 Å². The molecule has 0 fully saturated rings. The summed E-state index contributed by atoms with van der Waals surface area (Å²) in [6.45, 7) is 0.485. The summed E-state index contributed by atoms with van der Waals surface area (Å²) < 4.78 is 31.2. The fraction of sp³-hybridized carbons (Fsp3) is 0.154. The third kappa shape index (κ3) is 7.32. The molecule has 1 N–H and O–H groups in total. The number of hydrogen-bond acceptors (Lipinski definition) is 5. The van der Waals surface area contributed by atoms with Crippen molar-refractivity contribution in [1.29, 1.82) is 5.26 Å². The summed E-state index contributed by atoms with van der Waals surface area (Å²) in [4.78, 5) is 12.7. The van der Waals surface area contributed by atoms with E-state index in [0.717, 1.165) is 18.3 Å². The maximum Gasteiger partial charge on any atom is 0.262 e. The number of methoxy groups -OCH3 is 2. The molecule has 0 aliphatic heterocycles. The van der Waals surface area contributed by atoms with Gasteiger partial charge in [0.2, 0.25) is 0 Å². The number of halogens is 3. The van der Waals surface area contributed by atoms with Crippen LogP contribution in [0.1, 0.15) is 16.7 Å². The molecule has 3 aromatic carbocycles. The van der Waals surface area contributed by atoms with E-state index in [1.807, 2.05) is 18.2 Å². The fourth-order valence-electron chi connectivity index (χ4n) is 3.12. The third-order valence-corrected chi connectivity index (χ3v) is 6.53. The summed E-state index contributed by atoms with van der Waals surface area (Å²) in [5, 5.41) is 12.3. The molecule has 0 radical (unpaired) electrons. The Morgan fingerprint density at radius 1 is 1.06 bits per heavy atom. The SMILES string of the molecule is COc1ccc(CNC(=O)/C(C#N)=C/c2cc(I)c(OCc3ccc(F)cc3)c(I)c2)c(OC)c1. The molecule has 0 saturated heterocycles. The molecule has 35 heavy (non-hydrogen) atoms. The highest BCUT2D eigenvalue weighted by Crippen LogP contribution is 2.31. The van der Waals surface area contributed by atoms with Crippen molar-refractivity contribution in [2.75, 3.05) is 14.2 Å². The van der Waals surface area contributed by atoms with Crippen LogP contribution in [-0.2, 0) is 17.9 Å².